The first-order chi connectivity index (χ1) is 5.87. The van der Waals surface area contributed by atoms with Gasteiger partial charge >= 0.3 is 0 Å². The smallest absolute Gasteiger partial charge is 0.194 e. The Morgan fingerprint density at radius 1 is 1.54 bits per heavy atom. The Hall–Kier alpha value is -0.230. The standard InChI is InChI=1S/C8H15FO4/c1-7(9)6(12-3)13-5(4-10)8(7,2)11/h5-6,10-11H,4H2,1-3H3/t5-,6?,7+,8?/m1/s1. The summed E-state index contributed by atoms with van der Waals surface area (Å²) in [5.41, 5.74) is -3.75. The summed E-state index contributed by atoms with van der Waals surface area (Å²) in [6.45, 7) is 2.04. The maximum atomic E-state index is 13.9. The maximum Gasteiger partial charge on any atom is 0.194 e. The minimum absolute atomic E-state index is 0.438. The van der Waals surface area contributed by atoms with E-state index in [0.29, 0.717) is 0 Å². The number of hydrogen-bond donors (Lipinski definition) is 2. The molecule has 0 aliphatic carbocycles. The average molecular weight is 194 g/mol. The van der Waals surface area contributed by atoms with Crippen LogP contribution >= 0.6 is 0 Å². The van der Waals surface area contributed by atoms with Gasteiger partial charge in [-0.1, -0.05) is 0 Å². The third-order valence-electron chi connectivity index (χ3n) is 2.73. The highest BCUT2D eigenvalue weighted by Gasteiger charge is 2.62. The van der Waals surface area contributed by atoms with Crippen LogP contribution in [0.3, 0.4) is 0 Å². The third kappa shape index (κ3) is 1.36. The summed E-state index contributed by atoms with van der Waals surface area (Å²) in [7, 11) is 1.29. The molecule has 0 aromatic rings. The van der Waals surface area contributed by atoms with Crippen molar-refractivity contribution in [3.8, 4) is 0 Å². The van der Waals surface area contributed by atoms with E-state index in [1.165, 1.54) is 21.0 Å². The van der Waals surface area contributed by atoms with Crippen LogP contribution < -0.4 is 0 Å². The van der Waals surface area contributed by atoms with Crippen molar-refractivity contribution in [2.75, 3.05) is 13.7 Å². The molecule has 0 spiro atoms. The normalized spacial score (nSPS) is 51.2. The van der Waals surface area contributed by atoms with Crippen molar-refractivity contribution in [1.82, 2.24) is 0 Å². The Morgan fingerprint density at radius 2 is 2.08 bits per heavy atom. The second-order valence-corrected chi connectivity index (χ2v) is 3.60. The van der Waals surface area contributed by atoms with Gasteiger partial charge in [0.1, 0.15) is 11.7 Å². The molecule has 4 nitrogen and oxygen atoms in total. The minimum atomic E-state index is -2.02. The lowest BCUT2D eigenvalue weighted by Gasteiger charge is -2.31. The molecule has 0 bridgehead atoms. The van der Waals surface area contributed by atoms with Crippen LogP contribution in [0.4, 0.5) is 4.39 Å². The second kappa shape index (κ2) is 3.16. The molecule has 2 unspecified atom stereocenters. The number of aliphatic hydroxyl groups excluding tert-OH is 1. The summed E-state index contributed by atoms with van der Waals surface area (Å²) in [4.78, 5) is 0. The largest absolute Gasteiger partial charge is 0.394 e. The monoisotopic (exact) mass is 194 g/mol. The van der Waals surface area contributed by atoms with Gasteiger partial charge in [-0.05, 0) is 13.8 Å². The first kappa shape index (κ1) is 10.8. The van der Waals surface area contributed by atoms with E-state index in [1.54, 1.807) is 0 Å². The number of hydrogen-bond acceptors (Lipinski definition) is 4. The van der Waals surface area contributed by atoms with E-state index >= 15 is 0 Å². The molecule has 5 heteroatoms. The Bertz CT molecular complexity index is 173. The first-order valence-corrected chi connectivity index (χ1v) is 4.08. The number of alkyl halides is 1. The third-order valence-corrected chi connectivity index (χ3v) is 2.73. The first-order valence-electron chi connectivity index (χ1n) is 4.08. The summed E-state index contributed by atoms with van der Waals surface area (Å²) in [5, 5.41) is 18.6. The minimum Gasteiger partial charge on any atom is -0.394 e. The Kier molecular flexibility index (Phi) is 2.64. The lowest BCUT2D eigenvalue weighted by atomic mass is 9.85. The predicted octanol–water partition coefficient (Wildman–Crippen LogP) is -0.171. The fraction of sp³-hybridized carbons (Fsp3) is 1.00. The van der Waals surface area contributed by atoms with Crippen molar-refractivity contribution in [3.63, 3.8) is 0 Å². The van der Waals surface area contributed by atoms with Crippen LogP contribution in [0.1, 0.15) is 13.8 Å². The van der Waals surface area contributed by atoms with Gasteiger partial charge in [0.15, 0.2) is 12.0 Å². The van der Waals surface area contributed by atoms with Crippen molar-refractivity contribution < 1.29 is 24.1 Å². The summed E-state index contributed by atoms with van der Waals surface area (Å²) in [6, 6.07) is 0. The molecule has 0 aromatic heterocycles. The van der Waals surface area contributed by atoms with Gasteiger partial charge in [0, 0.05) is 7.11 Å². The number of rotatable bonds is 2. The molecule has 0 amide bonds. The fourth-order valence-corrected chi connectivity index (χ4v) is 1.46. The van der Waals surface area contributed by atoms with E-state index in [4.69, 9.17) is 14.6 Å². The van der Waals surface area contributed by atoms with Gasteiger partial charge in [-0.25, -0.2) is 4.39 Å². The van der Waals surface area contributed by atoms with Crippen LogP contribution in [0.5, 0.6) is 0 Å². The van der Waals surface area contributed by atoms with Crippen molar-refractivity contribution in [1.29, 1.82) is 0 Å². The van der Waals surface area contributed by atoms with Crippen LogP contribution in [-0.4, -0.2) is 47.6 Å². The number of halogens is 1. The zero-order valence-electron chi connectivity index (χ0n) is 7.95. The molecular formula is C8H15FO4. The number of ether oxygens (including phenoxy) is 2. The molecule has 1 aliphatic rings. The molecule has 13 heavy (non-hydrogen) atoms. The summed E-state index contributed by atoms with van der Waals surface area (Å²) in [6.07, 6.45) is -2.09. The molecule has 0 saturated carbocycles. The molecule has 1 rings (SSSR count). The lowest BCUT2D eigenvalue weighted by Crippen LogP contribution is -2.53. The fourth-order valence-electron chi connectivity index (χ4n) is 1.46. The SMILES string of the molecule is COC1O[C@H](CO)C(C)(O)[C@@]1(C)F. The molecule has 2 N–H and O–H groups in total. The lowest BCUT2D eigenvalue weighted by molar-refractivity contribution is -0.165. The Morgan fingerprint density at radius 3 is 2.31 bits per heavy atom. The highest BCUT2D eigenvalue weighted by atomic mass is 19.1. The van der Waals surface area contributed by atoms with Crippen molar-refractivity contribution in [2.45, 2.75) is 37.5 Å². The van der Waals surface area contributed by atoms with Gasteiger partial charge in [-0.15, -0.1) is 0 Å². The van der Waals surface area contributed by atoms with Gasteiger partial charge in [0.25, 0.3) is 0 Å². The second-order valence-electron chi connectivity index (χ2n) is 3.60. The zero-order valence-corrected chi connectivity index (χ0v) is 7.95. The number of aliphatic hydroxyl groups is 2. The molecule has 4 atom stereocenters. The van der Waals surface area contributed by atoms with Gasteiger partial charge < -0.3 is 19.7 Å². The highest BCUT2D eigenvalue weighted by molar-refractivity contribution is 5.07. The van der Waals surface area contributed by atoms with E-state index in [0.717, 1.165) is 0 Å². The van der Waals surface area contributed by atoms with Crippen molar-refractivity contribution in [2.24, 2.45) is 0 Å². The molecule has 1 saturated heterocycles. The van der Waals surface area contributed by atoms with Gasteiger partial charge in [0.05, 0.1) is 6.61 Å². The maximum absolute atomic E-state index is 13.9. The van der Waals surface area contributed by atoms with Crippen LogP contribution in [0.15, 0.2) is 0 Å². The molecule has 78 valence electrons. The molecular weight excluding hydrogens is 179 g/mol. The van der Waals surface area contributed by atoms with Crippen LogP contribution in [0.25, 0.3) is 0 Å². The summed E-state index contributed by atoms with van der Waals surface area (Å²) in [5.74, 6) is 0. The van der Waals surface area contributed by atoms with E-state index in [-0.39, 0.29) is 0 Å². The van der Waals surface area contributed by atoms with E-state index < -0.39 is 30.3 Å². The Balaban J connectivity index is 2.93. The summed E-state index contributed by atoms with van der Waals surface area (Å²) >= 11 is 0. The van der Waals surface area contributed by atoms with Gasteiger partial charge in [-0.2, -0.15) is 0 Å². The van der Waals surface area contributed by atoms with Crippen LogP contribution in [0.2, 0.25) is 0 Å². The quantitative estimate of drug-likeness (QED) is 0.640. The van der Waals surface area contributed by atoms with Gasteiger partial charge in [0.2, 0.25) is 0 Å². The number of methoxy groups -OCH3 is 1. The predicted molar refractivity (Wildman–Crippen MR) is 42.9 cm³/mol. The van der Waals surface area contributed by atoms with Gasteiger partial charge in [-0.3, -0.25) is 0 Å². The highest BCUT2D eigenvalue weighted by Crippen LogP contribution is 2.42. The average Bonchev–Trinajstić information content (AvgIpc) is 2.20. The zero-order chi connectivity index (χ0) is 10.3. The molecule has 0 aromatic carbocycles. The summed E-state index contributed by atoms with van der Waals surface area (Å²) < 4.78 is 23.6. The molecule has 0 radical (unpaired) electrons. The molecule has 1 fully saturated rings. The van der Waals surface area contributed by atoms with E-state index in [1.807, 2.05) is 0 Å². The van der Waals surface area contributed by atoms with Crippen LogP contribution in [0, 0.1) is 0 Å². The van der Waals surface area contributed by atoms with Crippen LogP contribution in [-0.2, 0) is 9.47 Å². The van der Waals surface area contributed by atoms with Crippen molar-refractivity contribution >= 4 is 0 Å². The topological polar surface area (TPSA) is 58.9 Å². The van der Waals surface area contributed by atoms with E-state index in [2.05, 4.69) is 0 Å². The van der Waals surface area contributed by atoms with Crippen molar-refractivity contribution in [3.05, 3.63) is 0 Å². The Labute approximate surface area is 76.3 Å². The molecule has 1 aliphatic heterocycles. The molecule has 1 heterocycles. The van der Waals surface area contributed by atoms with E-state index in [9.17, 15) is 9.50 Å².